The number of thioether (sulfide) groups is 1. The molecule has 3 nitrogen and oxygen atoms in total. The lowest BCUT2D eigenvalue weighted by Gasteiger charge is -2.26. The molecule has 0 amide bonds. The lowest BCUT2D eigenvalue weighted by atomic mass is 10.2. The number of hydrogen-bond donors (Lipinski definition) is 2. The second kappa shape index (κ2) is 6.38. The predicted molar refractivity (Wildman–Crippen MR) is 78.1 cm³/mol. The van der Waals surface area contributed by atoms with E-state index in [-0.39, 0.29) is 0 Å². The molecule has 3 N–H and O–H groups in total. The summed E-state index contributed by atoms with van der Waals surface area (Å²) in [6, 6.07) is 5.57. The Morgan fingerprint density at radius 1 is 1.35 bits per heavy atom. The molecule has 1 saturated heterocycles. The maximum absolute atomic E-state index is 5.88. The van der Waals surface area contributed by atoms with Gasteiger partial charge in [-0.05, 0) is 18.2 Å². The fourth-order valence-corrected chi connectivity index (χ4v) is 3.03. The molecule has 0 atom stereocenters. The number of nitrogens with zero attached hydrogens (tertiary/aromatic N) is 1. The highest BCUT2D eigenvalue weighted by atomic mass is 35.5. The molecule has 0 bridgehead atoms. The van der Waals surface area contributed by atoms with E-state index < -0.39 is 0 Å². The molecule has 1 aromatic carbocycles. The van der Waals surface area contributed by atoms with Crippen molar-refractivity contribution in [1.82, 2.24) is 4.90 Å². The van der Waals surface area contributed by atoms with Gasteiger partial charge in [0.25, 0.3) is 0 Å². The molecular formula is C12H18ClN3S. The molecule has 1 aromatic rings. The number of benzene rings is 1. The molecule has 0 unspecified atom stereocenters. The minimum Gasteiger partial charge on any atom is -0.397 e. The van der Waals surface area contributed by atoms with Crippen molar-refractivity contribution >= 4 is 34.7 Å². The highest BCUT2D eigenvalue weighted by Crippen LogP contribution is 2.22. The van der Waals surface area contributed by atoms with Gasteiger partial charge in [-0.1, -0.05) is 11.6 Å². The van der Waals surface area contributed by atoms with Crippen LogP contribution in [0.5, 0.6) is 0 Å². The van der Waals surface area contributed by atoms with Crippen molar-refractivity contribution < 1.29 is 0 Å². The SMILES string of the molecule is Nc1cc(Cl)ccc1NCCN1CCSCC1. The Hall–Kier alpha value is -0.580. The smallest absolute Gasteiger partial charge is 0.0575 e. The molecule has 94 valence electrons. The summed E-state index contributed by atoms with van der Waals surface area (Å²) in [5.74, 6) is 2.51. The van der Waals surface area contributed by atoms with Crippen LogP contribution in [-0.4, -0.2) is 42.6 Å². The average molecular weight is 272 g/mol. The second-order valence-electron chi connectivity index (χ2n) is 4.11. The third-order valence-electron chi connectivity index (χ3n) is 2.86. The van der Waals surface area contributed by atoms with Gasteiger partial charge in [-0.25, -0.2) is 0 Å². The van der Waals surface area contributed by atoms with E-state index in [9.17, 15) is 0 Å². The van der Waals surface area contributed by atoms with Crippen molar-refractivity contribution in [2.24, 2.45) is 0 Å². The number of nitrogens with two attached hydrogens (primary N) is 1. The minimum absolute atomic E-state index is 0.682. The summed E-state index contributed by atoms with van der Waals surface area (Å²) >= 11 is 7.89. The summed E-state index contributed by atoms with van der Waals surface area (Å²) < 4.78 is 0. The van der Waals surface area contributed by atoms with Crippen LogP contribution < -0.4 is 11.1 Å². The van der Waals surface area contributed by atoms with Crippen LogP contribution in [0.2, 0.25) is 5.02 Å². The molecule has 1 fully saturated rings. The van der Waals surface area contributed by atoms with Gasteiger partial charge in [-0.2, -0.15) is 11.8 Å². The Balaban J connectivity index is 1.77. The first-order chi connectivity index (χ1) is 8.25. The molecule has 0 saturated carbocycles. The highest BCUT2D eigenvalue weighted by molar-refractivity contribution is 7.99. The zero-order chi connectivity index (χ0) is 12.1. The van der Waals surface area contributed by atoms with E-state index in [0.29, 0.717) is 10.7 Å². The number of hydrogen-bond acceptors (Lipinski definition) is 4. The van der Waals surface area contributed by atoms with Crippen molar-refractivity contribution in [2.75, 3.05) is 48.7 Å². The van der Waals surface area contributed by atoms with E-state index in [0.717, 1.165) is 18.8 Å². The molecule has 0 aliphatic carbocycles. The van der Waals surface area contributed by atoms with Gasteiger partial charge in [0.2, 0.25) is 0 Å². The molecule has 1 aliphatic rings. The van der Waals surface area contributed by atoms with Gasteiger partial charge in [0.05, 0.1) is 11.4 Å². The fourth-order valence-electron chi connectivity index (χ4n) is 1.87. The Morgan fingerprint density at radius 2 is 2.12 bits per heavy atom. The monoisotopic (exact) mass is 271 g/mol. The number of anilines is 2. The van der Waals surface area contributed by atoms with Crippen molar-refractivity contribution in [3.63, 3.8) is 0 Å². The van der Waals surface area contributed by atoms with Crippen molar-refractivity contribution in [1.29, 1.82) is 0 Å². The van der Waals surface area contributed by atoms with Crippen LogP contribution >= 0.6 is 23.4 Å². The van der Waals surface area contributed by atoms with E-state index in [1.165, 1.54) is 24.6 Å². The predicted octanol–water partition coefficient (Wildman–Crippen LogP) is 2.38. The number of halogens is 1. The Morgan fingerprint density at radius 3 is 2.82 bits per heavy atom. The normalized spacial score (nSPS) is 17.0. The molecule has 0 spiro atoms. The molecular weight excluding hydrogens is 254 g/mol. The lowest BCUT2D eigenvalue weighted by Crippen LogP contribution is -2.36. The first-order valence-electron chi connectivity index (χ1n) is 5.85. The summed E-state index contributed by atoms with van der Waals surface area (Å²) in [6.07, 6.45) is 0. The lowest BCUT2D eigenvalue weighted by molar-refractivity contribution is 0.314. The maximum Gasteiger partial charge on any atom is 0.0575 e. The van der Waals surface area contributed by atoms with Crippen LogP contribution in [0.4, 0.5) is 11.4 Å². The Bertz CT molecular complexity index is 367. The van der Waals surface area contributed by atoms with E-state index in [1.54, 1.807) is 6.07 Å². The van der Waals surface area contributed by atoms with E-state index in [2.05, 4.69) is 10.2 Å². The van der Waals surface area contributed by atoms with Crippen molar-refractivity contribution in [3.8, 4) is 0 Å². The quantitative estimate of drug-likeness (QED) is 0.825. The number of rotatable bonds is 4. The third-order valence-corrected chi connectivity index (χ3v) is 4.04. The molecule has 17 heavy (non-hydrogen) atoms. The highest BCUT2D eigenvalue weighted by Gasteiger charge is 2.09. The number of nitrogen functional groups attached to an aromatic ring is 1. The average Bonchev–Trinajstić information content (AvgIpc) is 2.33. The van der Waals surface area contributed by atoms with Crippen LogP contribution in [0.15, 0.2) is 18.2 Å². The summed E-state index contributed by atoms with van der Waals surface area (Å²) in [4.78, 5) is 2.48. The van der Waals surface area contributed by atoms with Crippen molar-refractivity contribution in [3.05, 3.63) is 23.2 Å². The van der Waals surface area contributed by atoms with Gasteiger partial charge in [0.1, 0.15) is 0 Å². The summed E-state index contributed by atoms with van der Waals surface area (Å²) in [7, 11) is 0. The van der Waals surface area contributed by atoms with Gasteiger partial charge in [-0.15, -0.1) is 0 Å². The van der Waals surface area contributed by atoms with Crippen LogP contribution in [0.3, 0.4) is 0 Å². The summed E-state index contributed by atoms with van der Waals surface area (Å²) in [6.45, 7) is 4.39. The van der Waals surface area contributed by atoms with Crippen LogP contribution in [0.1, 0.15) is 0 Å². The maximum atomic E-state index is 5.88. The molecule has 5 heteroatoms. The zero-order valence-corrected chi connectivity index (χ0v) is 11.4. The number of nitrogens with one attached hydrogen (secondary N) is 1. The first-order valence-corrected chi connectivity index (χ1v) is 7.38. The third kappa shape index (κ3) is 3.98. The standard InChI is InChI=1S/C12H18ClN3S/c13-10-1-2-12(11(14)9-10)15-3-4-16-5-7-17-8-6-16/h1-2,9,15H,3-8,14H2. The van der Waals surface area contributed by atoms with Crippen LogP contribution in [0, 0.1) is 0 Å². The fraction of sp³-hybridized carbons (Fsp3) is 0.500. The van der Waals surface area contributed by atoms with Crippen LogP contribution in [-0.2, 0) is 0 Å². The summed E-state index contributed by atoms with van der Waals surface area (Å²) in [5, 5.41) is 4.04. The van der Waals surface area contributed by atoms with E-state index in [4.69, 9.17) is 17.3 Å². The molecule has 0 aromatic heterocycles. The first kappa shape index (κ1) is 12.9. The topological polar surface area (TPSA) is 41.3 Å². The van der Waals surface area contributed by atoms with E-state index >= 15 is 0 Å². The zero-order valence-electron chi connectivity index (χ0n) is 9.79. The Labute approximate surface area is 112 Å². The van der Waals surface area contributed by atoms with Crippen molar-refractivity contribution in [2.45, 2.75) is 0 Å². The van der Waals surface area contributed by atoms with Gasteiger partial charge in [0, 0.05) is 42.7 Å². The second-order valence-corrected chi connectivity index (χ2v) is 5.77. The molecule has 2 rings (SSSR count). The molecule has 0 radical (unpaired) electrons. The largest absolute Gasteiger partial charge is 0.397 e. The van der Waals surface area contributed by atoms with Gasteiger partial charge in [0.15, 0.2) is 0 Å². The minimum atomic E-state index is 0.682. The van der Waals surface area contributed by atoms with Crippen LogP contribution in [0.25, 0.3) is 0 Å². The molecule has 1 heterocycles. The van der Waals surface area contributed by atoms with Gasteiger partial charge >= 0.3 is 0 Å². The van der Waals surface area contributed by atoms with Gasteiger partial charge in [-0.3, -0.25) is 4.90 Å². The molecule has 1 aliphatic heterocycles. The summed E-state index contributed by atoms with van der Waals surface area (Å²) in [5.41, 5.74) is 7.56. The van der Waals surface area contributed by atoms with Gasteiger partial charge < -0.3 is 11.1 Å². The Kier molecular flexibility index (Phi) is 4.83. The van der Waals surface area contributed by atoms with E-state index in [1.807, 2.05) is 23.9 Å².